The number of fused-ring (bicyclic) bond motifs is 1. The number of rotatable bonds is 4. The van der Waals surface area contributed by atoms with Crippen LogP contribution in [0.15, 0.2) is 48.0 Å². The molecule has 1 fully saturated rings. The SMILES string of the molecule is O=C(Cn1cc2ccccc2n1)N1CCC(C(O)c2cccs2)CC1. The fourth-order valence-electron chi connectivity index (χ4n) is 3.49. The lowest BCUT2D eigenvalue weighted by molar-refractivity contribution is -0.134. The number of benzene rings is 1. The van der Waals surface area contributed by atoms with Gasteiger partial charge in [-0.2, -0.15) is 5.10 Å². The lowest BCUT2D eigenvalue weighted by Crippen LogP contribution is -2.41. The van der Waals surface area contributed by atoms with E-state index in [9.17, 15) is 9.90 Å². The number of hydrogen-bond donors (Lipinski definition) is 1. The summed E-state index contributed by atoms with van der Waals surface area (Å²) >= 11 is 1.59. The van der Waals surface area contributed by atoms with Crippen LogP contribution >= 0.6 is 11.3 Å². The van der Waals surface area contributed by atoms with Crippen molar-refractivity contribution in [1.82, 2.24) is 14.7 Å². The first-order valence-electron chi connectivity index (χ1n) is 8.62. The Hall–Kier alpha value is -2.18. The Morgan fingerprint density at radius 2 is 2.04 bits per heavy atom. The monoisotopic (exact) mass is 355 g/mol. The molecule has 4 rings (SSSR count). The molecule has 1 unspecified atom stereocenters. The number of carbonyl (C=O) groups excluding carboxylic acids is 1. The zero-order valence-electron chi connectivity index (χ0n) is 13.9. The molecule has 1 N–H and O–H groups in total. The fraction of sp³-hybridized carbons (Fsp3) is 0.368. The van der Waals surface area contributed by atoms with Crippen LogP contribution in [0.4, 0.5) is 0 Å². The molecule has 1 atom stereocenters. The summed E-state index contributed by atoms with van der Waals surface area (Å²) in [4.78, 5) is 15.5. The molecular weight excluding hydrogens is 334 g/mol. The molecule has 2 aromatic heterocycles. The summed E-state index contributed by atoms with van der Waals surface area (Å²) in [5, 5.41) is 18.0. The Morgan fingerprint density at radius 3 is 2.76 bits per heavy atom. The molecule has 5 nitrogen and oxygen atoms in total. The van der Waals surface area contributed by atoms with Crippen molar-refractivity contribution < 1.29 is 9.90 Å². The van der Waals surface area contributed by atoms with Gasteiger partial charge in [0.25, 0.3) is 0 Å². The molecule has 0 bridgehead atoms. The number of aliphatic hydroxyl groups excluding tert-OH is 1. The van der Waals surface area contributed by atoms with Gasteiger partial charge in [0.2, 0.25) is 5.91 Å². The molecule has 6 heteroatoms. The van der Waals surface area contributed by atoms with E-state index in [4.69, 9.17) is 0 Å². The lowest BCUT2D eigenvalue weighted by atomic mass is 9.90. The third-order valence-corrected chi connectivity index (χ3v) is 5.87. The molecule has 0 saturated carbocycles. The molecule has 1 aliphatic heterocycles. The summed E-state index contributed by atoms with van der Waals surface area (Å²) in [6.45, 7) is 1.67. The first-order chi connectivity index (χ1) is 12.2. The van der Waals surface area contributed by atoms with Crippen molar-refractivity contribution in [3.8, 4) is 0 Å². The van der Waals surface area contributed by atoms with Crippen molar-refractivity contribution in [3.05, 3.63) is 52.9 Å². The van der Waals surface area contributed by atoms with Crippen molar-refractivity contribution in [2.24, 2.45) is 5.92 Å². The summed E-state index contributed by atoms with van der Waals surface area (Å²) in [5.41, 5.74) is 0.910. The smallest absolute Gasteiger partial charge is 0.244 e. The van der Waals surface area contributed by atoms with Crippen LogP contribution in [-0.2, 0) is 11.3 Å². The summed E-state index contributed by atoms with van der Waals surface area (Å²) < 4.78 is 1.72. The topological polar surface area (TPSA) is 58.4 Å². The molecule has 1 aliphatic rings. The van der Waals surface area contributed by atoms with Crippen LogP contribution in [0, 0.1) is 5.92 Å². The molecule has 0 aliphatic carbocycles. The van der Waals surface area contributed by atoms with E-state index in [2.05, 4.69) is 5.10 Å². The van der Waals surface area contributed by atoms with Crippen molar-refractivity contribution in [3.63, 3.8) is 0 Å². The molecule has 1 saturated heterocycles. The van der Waals surface area contributed by atoms with E-state index in [-0.39, 0.29) is 18.4 Å². The first kappa shape index (κ1) is 16.3. The van der Waals surface area contributed by atoms with Gasteiger partial charge < -0.3 is 10.0 Å². The van der Waals surface area contributed by atoms with Crippen molar-refractivity contribution in [1.29, 1.82) is 0 Å². The van der Waals surface area contributed by atoms with Gasteiger partial charge in [0, 0.05) is 29.5 Å². The average molecular weight is 355 g/mol. The predicted octanol–water partition coefficient (Wildman–Crippen LogP) is 3.07. The largest absolute Gasteiger partial charge is 0.387 e. The average Bonchev–Trinajstić information content (AvgIpc) is 3.30. The van der Waals surface area contributed by atoms with Gasteiger partial charge in [-0.05, 0) is 36.3 Å². The number of piperidine rings is 1. The number of aliphatic hydroxyl groups is 1. The molecule has 3 aromatic rings. The van der Waals surface area contributed by atoms with Crippen LogP contribution in [0.5, 0.6) is 0 Å². The van der Waals surface area contributed by atoms with E-state index >= 15 is 0 Å². The third kappa shape index (κ3) is 3.45. The molecule has 0 radical (unpaired) electrons. The highest BCUT2D eigenvalue weighted by Gasteiger charge is 2.28. The van der Waals surface area contributed by atoms with Crippen LogP contribution in [0.2, 0.25) is 0 Å². The minimum absolute atomic E-state index is 0.0943. The zero-order chi connectivity index (χ0) is 17.2. The number of aromatic nitrogens is 2. The Morgan fingerprint density at radius 1 is 1.24 bits per heavy atom. The Bertz CT molecular complexity index is 818. The molecule has 3 heterocycles. The van der Waals surface area contributed by atoms with Gasteiger partial charge in [0.05, 0.1) is 11.6 Å². The fourth-order valence-corrected chi connectivity index (χ4v) is 4.29. The summed E-state index contributed by atoms with van der Waals surface area (Å²) in [6.07, 6.45) is 3.19. The van der Waals surface area contributed by atoms with E-state index in [1.807, 2.05) is 52.9 Å². The lowest BCUT2D eigenvalue weighted by Gasteiger charge is -2.34. The van der Waals surface area contributed by atoms with Crippen LogP contribution in [0.3, 0.4) is 0 Å². The number of carbonyl (C=O) groups is 1. The second-order valence-corrected chi connectivity index (χ2v) is 7.54. The highest BCUT2D eigenvalue weighted by molar-refractivity contribution is 7.10. The van der Waals surface area contributed by atoms with Gasteiger partial charge in [-0.1, -0.05) is 24.3 Å². The van der Waals surface area contributed by atoms with Gasteiger partial charge in [-0.25, -0.2) is 0 Å². The van der Waals surface area contributed by atoms with Crippen LogP contribution in [0.1, 0.15) is 23.8 Å². The normalized spacial score (nSPS) is 17.1. The van der Waals surface area contributed by atoms with Crippen molar-refractivity contribution >= 4 is 28.1 Å². The van der Waals surface area contributed by atoms with Crippen molar-refractivity contribution in [2.75, 3.05) is 13.1 Å². The maximum Gasteiger partial charge on any atom is 0.244 e. The standard InChI is InChI=1S/C19H21N3O2S/c23-18(13-22-12-15-4-1-2-5-16(15)20-22)21-9-7-14(8-10-21)19(24)17-6-3-11-25-17/h1-6,11-12,14,19,24H,7-10,13H2. The van der Waals surface area contributed by atoms with E-state index in [1.165, 1.54) is 0 Å². The minimum Gasteiger partial charge on any atom is -0.387 e. The van der Waals surface area contributed by atoms with Gasteiger partial charge in [-0.3, -0.25) is 9.48 Å². The third-order valence-electron chi connectivity index (χ3n) is 4.93. The number of nitrogens with zero attached hydrogens (tertiary/aromatic N) is 3. The van der Waals surface area contributed by atoms with Crippen LogP contribution < -0.4 is 0 Å². The Kier molecular flexibility index (Phi) is 4.55. The second kappa shape index (κ2) is 6.98. The van der Waals surface area contributed by atoms with E-state index in [0.29, 0.717) is 13.1 Å². The molecular formula is C19H21N3O2S. The molecule has 0 spiro atoms. The molecule has 25 heavy (non-hydrogen) atoms. The molecule has 130 valence electrons. The quantitative estimate of drug-likeness (QED) is 0.782. The number of thiophene rings is 1. The minimum atomic E-state index is -0.409. The first-order valence-corrected chi connectivity index (χ1v) is 9.50. The second-order valence-electron chi connectivity index (χ2n) is 6.56. The number of likely N-dealkylation sites (tertiary alicyclic amines) is 1. The van der Waals surface area contributed by atoms with Gasteiger partial charge >= 0.3 is 0 Å². The highest BCUT2D eigenvalue weighted by Crippen LogP contribution is 2.32. The Balaban J connectivity index is 1.35. The summed E-state index contributed by atoms with van der Waals surface area (Å²) in [7, 11) is 0. The van der Waals surface area contributed by atoms with E-state index < -0.39 is 6.10 Å². The molecule has 1 aromatic carbocycles. The number of amides is 1. The number of hydrogen-bond acceptors (Lipinski definition) is 4. The maximum atomic E-state index is 12.6. The van der Waals surface area contributed by atoms with Gasteiger partial charge in [0.15, 0.2) is 0 Å². The van der Waals surface area contributed by atoms with Crippen LogP contribution in [0.25, 0.3) is 10.9 Å². The maximum absolute atomic E-state index is 12.6. The zero-order valence-corrected chi connectivity index (χ0v) is 14.7. The molecule has 1 amide bonds. The van der Waals surface area contributed by atoms with Crippen molar-refractivity contribution in [2.45, 2.75) is 25.5 Å². The Labute approximate surface area is 150 Å². The highest BCUT2D eigenvalue weighted by atomic mass is 32.1. The van der Waals surface area contributed by atoms with E-state index in [0.717, 1.165) is 28.6 Å². The summed E-state index contributed by atoms with van der Waals surface area (Å²) in [5.74, 6) is 0.326. The van der Waals surface area contributed by atoms with E-state index in [1.54, 1.807) is 16.0 Å². The summed E-state index contributed by atoms with van der Waals surface area (Å²) in [6, 6.07) is 11.8. The van der Waals surface area contributed by atoms with Gasteiger partial charge in [-0.15, -0.1) is 11.3 Å². The van der Waals surface area contributed by atoms with Gasteiger partial charge in [0.1, 0.15) is 6.54 Å². The van der Waals surface area contributed by atoms with Crippen LogP contribution in [-0.4, -0.2) is 38.8 Å². The predicted molar refractivity (Wildman–Crippen MR) is 98.3 cm³/mol.